The first kappa shape index (κ1) is 38.0. The van der Waals surface area contributed by atoms with Crippen molar-refractivity contribution in [2.75, 3.05) is 19.8 Å². The maximum Gasteiger partial charge on any atom is 0.159 e. The third-order valence-electron chi connectivity index (χ3n) is 17.0. The van der Waals surface area contributed by atoms with Crippen molar-refractivity contribution in [3.8, 4) is 23.7 Å². The van der Waals surface area contributed by atoms with Crippen LogP contribution in [0.2, 0.25) is 0 Å². The van der Waals surface area contributed by atoms with E-state index in [9.17, 15) is 25.2 Å². The molecule has 4 N–H and O–H groups in total. The molecule has 0 radical (unpaired) electrons. The second kappa shape index (κ2) is 14.1. The molecule has 5 heterocycles. The van der Waals surface area contributed by atoms with Crippen molar-refractivity contribution in [3.63, 3.8) is 0 Å². The van der Waals surface area contributed by atoms with Gasteiger partial charge in [-0.15, -0.1) is 5.92 Å². The molecule has 16 atom stereocenters. The maximum atomic E-state index is 14.5. The van der Waals surface area contributed by atoms with Gasteiger partial charge in [0.15, 0.2) is 5.78 Å². The number of aliphatic hydroxyl groups excluding tert-OH is 3. The number of ketones is 1. The number of carbonyl (C=O) groups excluding carboxylic acids is 1. The minimum Gasteiger partial charge on any atom is -0.396 e. The first-order valence-electron chi connectivity index (χ1n) is 21.3. The predicted molar refractivity (Wildman–Crippen MR) is 206 cm³/mol. The van der Waals surface area contributed by atoms with Crippen molar-refractivity contribution in [1.82, 2.24) is 0 Å². The number of aliphatic hydroxyl groups is 4. The van der Waals surface area contributed by atoms with Gasteiger partial charge in [-0.2, -0.15) is 0 Å². The Morgan fingerprint density at radius 1 is 0.909 bits per heavy atom. The highest BCUT2D eigenvalue weighted by Gasteiger charge is 2.73. The Balaban J connectivity index is 1.18. The highest BCUT2D eigenvalue weighted by atomic mass is 16.5. The fourth-order valence-electron chi connectivity index (χ4n) is 14.1. The Kier molecular flexibility index (Phi) is 9.74. The lowest BCUT2D eigenvalue weighted by atomic mass is 9.42. The van der Waals surface area contributed by atoms with Crippen LogP contribution in [0.1, 0.15) is 103 Å². The summed E-state index contributed by atoms with van der Waals surface area (Å²) < 4.78 is 20.5. The van der Waals surface area contributed by atoms with Crippen molar-refractivity contribution in [2.24, 2.45) is 52.3 Å². The summed E-state index contributed by atoms with van der Waals surface area (Å²) in [5.74, 6) is 12.5. The smallest absolute Gasteiger partial charge is 0.159 e. The number of ether oxygens (including phenoxy) is 3. The first-order valence-corrected chi connectivity index (χ1v) is 21.3. The van der Waals surface area contributed by atoms with Crippen LogP contribution in [-0.2, 0) is 19.0 Å². The van der Waals surface area contributed by atoms with Gasteiger partial charge in [0.2, 0.25) is 0 Å². The van der Waals surface area contributed by atoms with Crippen LogP contribution >= 0.6 is 0 Å². The fourth-order valence-corrected chi connectivity index (χ4v) is 14.1. The van der Waals surface area contributed by atoms with Gasteiger partial charge in [-0.1, -0.05) is 87.6 Å². The highest BCUT2D eigenvalue weighted by Crippen LogP contribution is 2.72. The number of hydrogen-bond acceptors (Lipinski definition) is 8. The molecular weight excluding hydrogens is 693 g/mol. The van der Waals surface area contributed by atoms with Gasteiger partial charge in [0.25, 0.3) is 0 Å². The van der Waals surface area contributed by atoms with E-state index in [1.807, 2.05) is 24.3 Å². The highest BCUT2D eigenvalue weighted by molar-refractivity contribution is 5.95. The summed E-state index contributed by atoms with van der Waals surface area (Å²) in [6, 6.07) is 10.2. The van der Waals surface area contributed by atoms with Crippen molar-refractivity contribution in [3.05, 3.63) is 47.5 Å². The van der Waals surface area contributed by atoms with E-state index < -0.39 is 52.9 Å². The number of hydrogen-bond donors (Lipinski definition) is 4. The molecule has 296 valence electrons. The normalized spacial score (nSPS) is 49.4. The quantitative estimate of drug-likeness (QED) is 0.305. The maximum absolute atomic E-state index is 14.5. The van der Waals surface area contributed by atoms with Crippen LogP contribution in [0.4, 0.5) is 0 Å². The predicted octanol–water partition coefficient (Wildman–Crippen LogP) is 5.36. The van der Waals surface area contributed by atoms with Gasteiger partial charge in [0.05, 0.1) is 42.0 Å². The number of benzene rings is 1. The minimum atomic E-state index is -1.65. The number of allylic oxidation sites excluding steroid dienone is 1. The molecule has 8 nitrogen and oxygen atoms in total. The Hall–Kier alpha value is -2.53. The van der Waals surface area contributed by atoms with Gasteiger partial charge in [0, 0.05) is 30.3 Å². The molecular formula is C47H60O8. The largest absolute Gasteiger partial charge is 0.396 e. The molecule has 10 aliphatic rings. The Bertz CT molecular complexity index is 1790. The van der Waals surface area contributed by atoms with Gasteiger partial charge in [-0.25, -0.2) is 0 Å². The van der Waals surface area contributed by atoms with E-state index in [4.69, 9.17) is 14.2 Å². The second-order valence-corrected chi connectivity index (χ2v) is 19.2. The van der Waals surface area contributed by atoms with Crippen molar-refractivity contribution in [2.45, 2.75) is 139 Å². The van der Waals surface area contributed by atoms with E-state index in [-0.39, 0.29) is 66.0 Å². The lowest BCUT2D eigenvalue weighted by molar-refractivity contribution is -0.220. The molecule has 8 heteroatoms. The van der Waals surface area contributed by atoms with Gasteiger partial charge in [0.1, 0.15) is 18.8 Å². The Morgan fingerprint density at radius 2 is 1.69 bits per heavy atom. The van der Waals surface area contributed by atoms with Gasteiger partial charge in [-0.3, -0.25) is 4.79 Å². The topological polar surface area (TPSA) is 126 Å². The van der Waals surface area contributed by atoms with Crippen LogP contribution in [-0.4, -0.2) is 87.8 Å². The summed E-state index contributed by atoms with van der Waals surface area (Å²) in [5.41, 5.74) is -1.56. The molecule has 0 amide bonds. The average molecular weight is 753 g/mol. The van der Waals surface area contributed by atoms with E-state index in [1.54, 1.807) is 6.92 Å². The van der Waals surface area contributed by atoms with Gasteiger partial charge < -0.3 is 34.6 Å². The lowest BCUT2D eigenvalue weighted by Crippen LogP contribution is -2.66. The van der Waals surface area contributed by atoms with Crippen LogP contribution in [0.3, 0.4) is 0 Å². The summed E-state index contributed by atoms with van der Waals surface area (Å²) in [4.78, 5) is 14.5. The molecule has 11 rings (SSSR count). The zero-order chi connectivity index (χ0) is 38.3. The molecule has 5 fully saturated rings. The first-order chi connectivity index (χ1) is 26.4. The summed E-state index contributed by atoms with van der Waals surface area (Å²) >= 11 is 0. The standard InChI is InChI=1S/C47H60O8/c1-44-20-18-32-24-36(44)38(50)25-35-34(44)23-31-16-9-17-37(49)42-40(29-13-7-8-14-29)33(26-48)41(55-42)43(51)46(3,52)39-19-21-47(35,45(31,39)2)54-22-10-15-30(27-53-32)28-11-5-4-6-12-28/h4-6,11-12,25,29-34,36-37,39-43,48-49,51-52H,7-8,13-14,16,18-24,26-27H2,1-3H3. The Morgan fingerprint density at radius 3 is 2.45 bits per heavy atom. The van der Waals surface area contributed by atoms with Gasteiger partial charge in [-0.05, 0) is 97.7 Å². The summed E-state index contributed by atoms with van der Waals surface area (Å²) in [6.45, 7) is 6.63. The van der Waals surface area contributed by atoms with E-state index in [2.05, 4.69) is 49.7 Å². The van der Waals surface area contributed by atoms with Crippen LogP contribution in [0.25, 0.3) is 0 Å². The molecule has 0 aromatic heterocycles. The molecule has 1 saturated heterocycles. The van der Waals surface area contributed by atoms with Crippen LogP contribution in [0.5, 0.6) is 0 Å². The lowest BCUT2D eigenvalue weighted by Gasteiger charge is -2.64. The summed E-state index contributed by atoms with van der Waals surface area (Å²) in [7, 11) is 0. The van der Waals surface area contributed by atoms with Crippen LogP contribution in [0.15, 0.2) is 42.0 Å². The zero-order valence-electron chi connectivity index (χ0n) is 32.8. The monoisotopic (exact) mass is 752 g/mol. The van der Waals surface area contributed by atoms with Crippen molar-refractivity contribution >= 4 is 5.78 Å². The number of rotatable bonds is 3. The third-order valence-corrected chi connectivity index (χ3v) is 17.0. The van der Waals surface area contributed by atoms with E-state index in [1.165, 1.54) is 0 Å². The number of fused-ring (bicyclic) bond motifs is 4. The summed E-state index contributed by atoms with van der Waals surface area (Å²) in [6.07, 6.45) is 6.84. The SMILES string of the molecule is CC1(O)C(O)C2OC(C(O)C#CCC3CC4C5=CC(=O)C6CC(CCC64C)OCC(c4ccccc4)C#CCOC54CCC1C34C)C(C1CCCC1)C2CO. The molecule has 1 aromatic carbocycles. The molecule has 16 unspecified atom stereocenters. The van der Waals surface area contributed by atoms with E-state index in [0.29, 0.717) is 32.3 Å². The molecule has 5 aliphatic carbocycles. The number of carbonyl (C=O) groups is 1. The summed E-state index contributed by atoms with van der Waals surface area (Å²) in [5, 5.41) is 48.2. The van der Waals surface area contributed by atoms with Crippen molar-refractivity contribution < 1.29 is 39.4 Å². The molecule has 1 aromatic rings. The fraction of sp³-hybridized carbons (Fsp3) is 0.723. The van der Waals surface area contributed by atoms with Crippen molar-refractivity contribution in [1.29, 1.82) is 0 Å². The van der Waals surface area contributed by atoms with E-state index in [0.717, 1.165) is 56.1 Å². The van der Waals surface area contributed by atoms with E-state index >= 15 is 0 Å². The second-order valence-electron chi connectivity index (χ2n) is 19.2. The van der Waals surface area contributed by atoms with Gasteiger partial charge >= 0.3 is 0 Å². The van der Waals surface area contributed by atoms with Crippen LogP contribution < -0.4 is 0 Å². The zero-order valence-corrected chi connectivity index (χ0v) is 32.8. The Labute approximate surface area is 326 Å². The molecule has 4 saturated carbocycles. The molecule has 1 spiro atoms. The minimum absolute atomic E-state index is 0.0264. The molecule has 8 bridgehead atoms. The third kappa shape index (κ3) is 5.71. The van der Waals surface area contributed by atoms with Crippen LogP contribution in [0, 0.1) is 75.9 Å². The molecule has 5 aliphatic heterocycles. The molecule has 55 heavy (non-hydrogen) atoms. The average Bonchev–Trinajstić information content (AvgIpc) is 3.92.